The van der Waals surface area contributed by atoms with Crippen LogP contribution in [0.5, 0.6) is 0 Å². The number of amides is 1. The molecule has 0 aliphatic carbocycles. The minimum Gasteiger partial charge on any atom is -0.354 e. The van der Waals surface area contributed by atoms with Crippen LogP contribution >= 0.6 is 0 Å². The van der Waals surface area contributed by atoms with Crippen LogP contribution in [0.3, 0.4) is 0 Å². The van der Waals surface area contributed by atoms with Crippen LogP contribution in [-0.2, 0) is 11.2 Å². The number of nitrogens with zero attached hydrogens (tertiary/aromatic N) is 2. The van der Waals surface area contributed by atoms with Crippen LogP contribution < -0.4 is 10.6 Å². The molecule has 0 radical (unpaired) electrons. The summed E-state index contributed by atoms with van der Waals surface area (Å²) in [5.41, 5.74) is 3.20. The molecule has 0 bridgehead atoms. The predicted octanol–water partition coefficient (Wildman–Crippen LogP) is 3.09. The second-order valence-corrected chi connectivity index (χ2v) is 7.06. The lowest BCUT2D eigenvalue weighted by Crippen LogP contribution is -2.37. The van der Waals surface area contributed by atoms with Gasteiger partial charge >= 0.3 is 0 Å². The Kier molecular flexibility index (Phi) is 5.48. The van der Waals surface area contributed by atoms with Crippen LogP contribution in [0.15, 0.2) is 60.8 Å². The molecule has 5 nitrogen and oxygen atoms in total. The van der Waals surface area contributed by atoms with Crippen LogP contribution in [0.2, 0.25) is 0 Å². The number of rotatable bonds is 6. The highest BCUT2D eigenvalue weighted by atomic mass is 19.1. The molecule has 0 spiro atoms. The fraction of sp³-hybridized carbons (Fsp3) is 0.273. The van der Waals surface area contributed by atoms with Gasteiger partial charge in [-0.1, -0.05) is 18.2 Å². The topological polar surface area (TPSA) is 59.0 Å². The van der Waals surface area contributed by atoms with Crippen molar-refractivity contribution in [3.8, 4) is 16.9 Å². The van der Waals surface area contributed by atoms with Gasteiger partial charge in [0.1, 0.15) is 5.82 Å². The zero-order valence-corrected chi connectivity index (χ0v) is 15.6. The Morgan fingerprint density at radius 1 is 1.18 bits per heavy atom. The van der Waals surface area contributed by atoms with E-state index in [0.717, 1.165) is 36.2 Å². The van der Waals surface area contributed by atoms with E-state index in [1.165, 1.54) is 12.1 Å². The Labute approximate surface area is 163 Å². The van der Waals surface area contributed by atoms with Gasteiger partial charge in [0.2, 0.25) is 5.91 Å². The van der Waals surface area contributed by atoms with Gasteiger partial charge in [0.15, 0.2) is 0 Å². The summed E-state index contributed by atoms with van der Waals surface area (Å²) in [5.74, 6) is -0.334. The molecule has 2 aromatic carbocycles. The third-order valence-electron chi connectivity index (χ3n) is 4.99. The standard InChI is InChI=1S/C22H23FN4O/c23-18-10-8-16(9-11-18)22-17(13-21(28)25-14-19-5-4-12-24-19)15-27(26-22)20-6-2-1-3-7-20/h1-3,6-11,15,19,24H,4-5,12-14H2,(H,25,28). The molecule has 3 aromatic rings. The maximum atomic E-state index is 13.3. The summed E-state index contributed by atoms with van der Waals surface area (Å²) in [6.07, 6.45) is 4.35. The van der Waals surface area contributed by atoms with E-state index in [9.17, 15) is 9.18 Å². The first-order chi connectivity index (χ1) is 13.7. The van der Waals surface area contributed by atoms with E-state index in [-0.39, 0.29) is 18.1 Å². The third-order valence-corrected chi connectivity index (χ3v) is 4.99. The molecule has 1 fully saturated rings. The molecule has 1 atom stereocenters. The molecule has 1 unspecified atom stereocenters. The number of hydrogen-bond donors (Lipinski definition) is 2. The second-order valence-electron chi connectivity index (χ2n) is 7.06. The van der Waals surface area contributed by atoms with E-state index < -0.39 is 0 Å². The molecule has 2 N–H and O–H groups in total. The van der Waals surface area contributed by atoms with E-state index in [4.69, 9.17) is 0 Å². The molecule has 144 valence electrons. The van der Waals surface area contributed by atoms with E-state index in [1.54, 1.807) is 16.8 Å². The number of carbonyl (C=O) groups is 1. The number of benzene rings is 2. The van der Waals surface area contributed by atoms with Crippen molar-refractivity contribution < 1.29 is 9.18 Å². The summed E-state index contributed by atoms with van der Waals surface area (Å²) in [6, 6.07) is 16.3. The lowest BCUT2D eigenvalue weighted by Gasteiger charge is -2.11. The van der Waals surface area contributed by atoms with Gasteiger partial charge < -0.3 is 10.6 Å². The molecular formula is C22H23FN4O. The molecule has 1 aromatic heterocycles. The Bertz CT molecular complexity index is 931. The molecule has 1 aliphatic heterocycles. The summed E-state index contributed by atoms with van der Waals surface area (Å²) < 4.78 is 15.1. The van der Waals surface area contributed by atoms with Gasteiger partial charge in [0.05, 0.1) is 17.8 Å². The fourth-order valence-electron chi connectivity index (χ4n) is 3.51. The number of carbonyl (C=O) groups excluding carboxylic acids is 1. The summed E-state index contributed by atoms with van der Waals surface area (Å²) in [6.45, 7) is 1.65. The Hall–Kier alpha value is -2.99. The molecule has 0 saturated carbocycles. The Balaban J connectivity index is 1.57. The first-order valence-corrected chi connectivity index (χ1v) is 9.59. The molecule has 6 heteroatoms. The highest BCUT2D eigenvalue weighted by molar-refractivity contribution is 5.81. The van der Waals surface area contributed by atoms with Gasteiger partial charge in [-0.15, -0.1) is 0 Å². The molecule has 28 heavy (non-hydrogen) atoms. The zero-order chi connectivity index (χ0) is 19.3. The van der Waals surface area contributed by atoms with Crippen molar-refractivity contribution in [1.29, 1.82) is 0 Å². The maximum Gasteiger partial charge on any atom is 0.224 e. The van der Waals surface area contributed by atoms with Crippen LogP contribution in [0.1, 0.15) is 18.4 Å². The molecule has 1 saturated heterocycles. The van der Waals surface area contributed by atoms with E-state index in [2.05, 4.69) is 15.7 Å². The highest BCUT2D eigenvalue weighted by Crippen LogP contribution is 2.24. The number of hydrogen-bond acceptors (Lipinski definition) is 3. The van der Waals surface area contributed by atoms with Crippen molar-refractivity contribution in [2.45, 2.75) is 25.3 Å². The van der Waals surface area contributed by atoms with Crippen molar-refractivity contribution in [3.63, 3.8) is 0 Å². The van der Waals surface area contributed by atoms with E-state index >= 15 is 0 Å². The summed E-state index contributed by atoms with van der Waals surface area (Å²) in [5, 5.41) is 11.1. The quantitative estimate of drug-likeness (QED) is 0.693. The van der Waals surface area contributed by atoms with Gasteiger partial charge in [0, 0.05) is 29.9 Å². The van der Waals surface area contributed by atoms with Crippen LogP contribution in [0.25, 0.3) is 16.9 Å². The second kappa shape index (κ2) is 8.35. The van der Waals surface area contributed by atoms with E-state index in [1.807, 2.05) is 36.5 Å². The lowest BCUT2D eigenvalue weighted by atomic mass is 10.1. The molecule has 4 rings (SSSR count). The van der Waals surface area contributed by atoms with Gasteiger partial charge in [-0.05, 0) is 55.8 Å². The van der Waals surface area contributed by atoms with Crippen molar-refractivity contribution in [3.05, 3.63) is 72.2 Å². The number of nitrogens with one attached hydrogen (secondary N) is 2. The zero-order valence-electron chi connectivity index (χ0n) is 15.6. The SMILES string of the molecule is O=C(Cc1cn(-c2ccccc2)nc1-c1ccc(F)cc1)NCC1CCCN1. The first-order valence-electron chi connectivity index (χ1n) is 9.59. The number of para-hydroxylation sites is 1. The largest absolute Gasteiger partial charge is 0.354 e. The predicted molar refractivity (Wildman–Crippen MR) is 107 cm³/mol. The Morgan fingerprint density at radius 3 is 2.68 bits per heavy atom. The van der Waals surface area contributed by atoms with E-state index in [0.29, 0.717) is 18.3 Å². The maximum absolute atomic E-state index is 13.3. The van der Waals surface area contributed by atoms with Crippen LogP contribution in [-0.4, -0.2) is 34.8 Å². The van der Waals surface area contributed by atoms with Gasteiger partial charge in [-0.3, -0.25) is 4.79 Å². The smallest absolute Gasteiger partial charge is 0.224 e. The molecular weight excluding hydrogens is 355 g/mol. The highest BCUT2D eigenvalue weighted by Gasteiger charge is 2.18. The average molecular weight is 378 g/mol. The molecule has 1 amide bonds. The molecule has 2 heterocycles. The van der Waals surface area contributed by atoms with Crippen molar-refractivity contribution in [1.82, 2.24) is 20.4 Å². The van der Waals surface area contributed by atoms with Gasteiger partial charge in [-0.2, -0.15) is 5.10 Å². The average Bonchev–Trinajstić information content (AvgIpc) is 3.38. The minimum absolute atomic E-state index is 0.0373. The minimum atomic E-state index is -0.297. The van der Waals surface area contributed by atoms with Gasteiger partial charge in [-0.25, -0.2) is 9.07 Å². The Morgan fingerprint density at radius 2 is 1.96 bits per heavy atom. The van der Waals surface area contributed by atoms with Crippen LogP contribution in [0.4, 0.5) is 4.39 Å². The summed E-state index contributed by atoms with van der Waals surface area (Å²) in [4.78, 5) is 12.5. The van der Waals surface area contributed by atoms with Crippen molar-refractivity contribution in [2.24, 2.45) is 0 Å². The lowest BCUT2D eigenvalue weighted by molar-refractivity contribution is -0.120. The van der Waals surface area contributed by atoms with Crippen molar-refractivity contribution >= 4 is 5.91 Å². The van der Waals surface area contributed by atoms with Gasteiger partial charge in [0.25, 0.3) is 0 Å². The van der Waals surface area contributed by atoms with Crippen LogP contribution in [0, 0.1) is 5.82 Å². The first kappa shape index (κ1) is 18.4. The number of aromatic nitrogens is 2. The summed E-state index contributed by atoms with van der Waals surface area (Å²) in [7, 11) is 0. The normalized spacial score (nSPS) is 16.2. The fourth-order valence-corrected chi connectivity index (χ4v) is 3.51. The monoisotopic (exact) mass is 378 g/mol. The van der Waals surface area contributed by atoms with Crippen molar-refractivity contribution in [2.75, 3.05) is 13.1 Å². The summed E-state index contributed by atoms with van der Waals surface area (Å²) >= 11 is 0. The number of halogens is 1. The molecule has 1 aliphatic rings. The third kappa shape index (κ3) is 4.28.